The zero-order valence-corrected chi connectivity index (χ0v) is 15.3. The highest BCUT2D eigenvalue weighted by molar-refractivity contribution is 9.10. The lowest BCUT2D eigenvalue weighted by Gasteiger charge is -2.38. The summed E-state index contributed by atoms with van der Waals surface area (Å²) in [6.07, 6.45) is 2.65. The number of anilines is 1. The third-order valence-corrected chi connectivity index (χ3v) is 5.26. The maximum atomic E-state index is 13.3. The number of nitriles is 1. The van der Waals surface area contributed by atoms with E-state index >= 15 is 0 Å². The van der Waals surface area contributed by atoms with Crippen LogP contribution in [0.5, 0.6) is 0 Å². The first-order chi connectivity index (χ1) is 11.9. The van der Waals surface area contributed by atoms with Gasteiger partial charge in [0.25, 0.3) is 5.92 Å². The van der Waals surface area contributed by atoms with Crippen LogP contribution in [0, 0.1) is 17.2 Å². The van der Waals surface area contributed by atoms with Crippen LogP contribution in [-0.4, -0.2) is 47.9 Å². The van der Waals surface area contributed by atoms with Gasteiger partial charge in [-0.25, -0.2) is 13.8 Å². The molecule has 134 valence electrons. The van der Waals surface area contributed by atoms with Crippen molar-refractivity contribution in [1.29, 1.82) is 5.26 Å². The molecule has 1 atom stereocenters. The van der Waals surface area contributed by atoms with E-state index in [-0.39, 0.29) is 37.8 Å². The van der Waals surface area contributed by atoms with Gasteiger partial charge in [0.2, 0.25) is 5.91 Å². The Morgan fingerprint density at radius 2 is 2.08 bits per heavy atom. The Morgan fingerprint density at radius 1 is 1.36 bits per heavy atom. The molecule has 8 heteroatoms. The van der Waals surface area contributed by atoms with E-state index in [2.05, 4.69) is 27.0 Å². The van der Waals surface area contributed by atoms with Crippen molar-refractivity contribution in [3.63, 3.8) is 0 Å². The summed E-state index contributed by atoms with van der Waals surface area (Å²) in [4.78, 5) is 20.6. The Hall–Kier alpha value is -1.75. The Balaban J connectivity index is 1.69. The second-order valence-electron chi connectivity index (χ2n) is 6.60. The molecule has 1 aromatic rings. The topological polar surface area (TPSA) is 60.2 Å². The van der Waals surface area contributed by atoms with Crippen molar-refractivity contribution in [2.45, 2.75) is 31.6 Å². The van der Waals surface area contributed by atoms with Crippen LogP contribution in [0.25, 0.3) is 0 Å². The Bertz CT molecular complexity index is 696. The summed E-state index contributed by atoms with van der Waals surface area (Å²) in [5.74, 6) is -2.38. The number of halogens is 3. The van der Waals surface area contributed by atoms with E-state index in [1.54, 1.807) is 17.2 Å². The predicted octanol–water partition coefficient (Wildman–Crippen LogP) is 3.19. The van der Waals surface area contributed by atoms with Crippen LogP contribution in [-0.2, 0) is 4.79 Å². The van der Waals surface area contributed by atoms with Gasteiger partial charge in [-0.2, -0.15) is 5.26 Å². The van der Waals surface area contributed by atoms with E-state index in [0.29, 0.717) is 17.9 Å². The van der Waals surface area contributed by atoms with Crippen LogP contribution >= 0.6 is 15.9 Å². The average molecular weight is 413 g/mol. The molecule has 2 fully saturated rings. The van der Waals surface area contributed by atoms with E-state index in [4.69, 9.17) is 0 Å². The van der Waals surface area contributed by atoms with Crippen molar-refractivity contribution < 1.29 is 13.6 Å². The fourth-order valence-corrected chi connectivity index (χ4v) is 3.78. The number of rotatable bonds is 2. The van der Waals surface area contributed by atoms with Crippen molar-refractivity contribution >= 4 is 27.7 Å². The van der Waals surface area contributed by atoms with E-state index in [1.807, 2.05) is 4.90 Å². The van der Waals surface area contributed by atoms with Crippen LogP contribution in [0.4, 0.5) is 14.6 Å². The van der Waals surface area contributed by atoms with Gasteiger partial charge < -0.3 is 9.80 Å². The number of carbonyl (C=O) groups excluding carboxylic acids is 1. The third-order valence-electron chi connectivity index (χ3n) is 4.83. The number of amides is 1. The molecule has 0 aliphatic carbocycles. The number of nitrogens with zero attached hydrogens (tertiary/aromatic N) is 4. The molecule has 25 heavy (non-hydrogen) atoms. The lowest BCUT2D eigenvalue weighted by molar-refractivity contribution is -0.141. The second kappa shape index (κ2) is 7.24. The van der Waals surface area contributed by atoms with E-state index < -0.39 is 5.92 Å². The molecule has 0 bridgehead atoms. The van der Waals surface area contributed by atoms with Crippen molar-refractivity contribution in [3.05, 3.63) is 22.3 Å². The summed E-state index contributed by atoms with van der Waals surface area (Å²) in [6, 6.07) is 3.85. The van der Waals surface area contributed by atoms with Crippen LogP contribution in [0.2, 0.25) is 0 Å². The molecule has 0 N–H and O–H groups in total. The lowest BCUT2D eigenvalue weighted by atomic mass is 9.94. The van der Waals surface area contributed by atoms with Gasteiger partial charge in [-0.3, -0.25) is 4.79 Å². The molecule has 0 radical (unpaired) electrons. The Morgan fingerprint density at radius 3 is 2.76 bits per heavy atom. The highest BCUT2D eigenvalue weighted by atomic mass is 79.9. The summed E-state index contributed by atoms with van der Waals surface area (Å²) < 4.78 is 27.3. The van der Waals surface area contributed by atoms with Crippen LogP contribution in [0.15, 0.2) is 16.7 Å². The minimum Gasteiger partial charge on any atom is -0.355 e. The van der Waals surface area contributed by atoms with E-state index in [1.165, 1.54) is 0 Å². The minimum atomic E-state index is -2.65. The van der Waals surface area contributed by atoms with Crippen molar-refractivity contribution in [2.75, 3.05) is 31.1 Å². The van der Waals surface area contributed by atoms with E-state index in [9.17, 15) is 18.8 Å². The molecule has 1 aromatic heterocycles. The van der Waals surface area contributed by atoms with Gasteiger partial charge in [0.05, 0.1) is 11.5 Å². The molecular formula is C17H19BrF2N4O. The average Bonchev–Trinajstić information content (AvgIpc) is 2.61. The predicted molar refractivity (Wildman–Crippen MR) is 92.4 cm³/mol. The number of likely N-dealkylation sites (tertiary alicyclic amines) is 1. The van der Waals surface area contributed by atoms with Gasteiger partial charge in [-0.05, 0) is 34.8 Å². The monoisotopic (exact) mass is 412 g/mol. The molecular weight excluding hydrogens is 394 g/mol. The maximum absolute atomic E-state index is 13.3. The summed E-state index contributed by atoms with van der Waals surface area (Å²) in [7, 11) is 0. The first-order valence-corrected chi connectivity index (χ1v) is 9.16. The minimum absolute atomic E-state index is 0.0594. The lowest BCUT2D eigenvalue weighted by Crippen LogP contribution is -2.49. The smallest absolute Gasteiger partial charge is 0.251 e. The largest absolute Gasteiger partial charge is 0.355 e. The molecule has 2 saturated heterocycles. The highest BCUT2D eigenvalue weighted by Crippen LogP contribution is 2.31. The number of carbonyl (C=O) groups is 1. The number of aromatic nitrogens is 1. The maximum Gasteiger partial charge on any atom is 0.251 e. The molecule has 1 amide bonds. The molecule has 1 unspecified atom stereocenters. The summed E-state index contributed by atoms with van der Waals surface area (Å²) >= 11 is 3.30. The molecule has 2 aliphatic heterocycles. The first-order valence-electron chi connectivity index (χ1n) is 8.37. The van der Waals surface area contributed by atoms with Crippen molar-refractivity contribution in [3.8, 4) is 6.07 Å². The zero-order chi connectivity index (χ0) is 18.0. The molecule has 2 aliphatic rings. The number of pyridine rings is 1. The Kier molecular flexibility index (Phi) is 5.23. The Labute approximate surface area is 153 Å². The third kappa shape index (κ3) is 4.09. The van der Waals surface area contributed by atoms with Crippen LogP contribution < -0.4 is 4.90 Å². The number of piperidine rings is 2. The fourth-order valence-electron chi connectivity index (χ4n) is 3.45. The van der Waals surface area contributed by atoms with Crippen molar-refractivity contribution in [2.24, 2.45) is 5.92 Å². The van der Waals surface area contributed by atoms with Crippen LogP contribution in [0.3, 0.4) is 0 Å². The molecule has 0 saturated carbocycles. The van der Waals surface area contributed by atoms with Gasteiger partial charge in [-0.15, -0.1) is 0 Å². The first kappa shape index (κ1) is 18.1. The summed E-state index contributed by atoms with van der Waals surface area (Å²) in [6.45, 7) is 1.42. The molecule has 3 rings (SSSR count). The molecule has 5 nitrogen and oxygen atoms in total. The van der Waals surface area contributed by atoms with Gasteiger partial charge >= 0.3 is 0 Å². The number of hydrogen-bond acceptors (Lipinski definition) is 4. The van der Waals surface area contributed by atoms with Gasteiger partial charge in [0, 0.05) is 49.7 Å². The van der Waals surface area contributed by atoms with Gasteiger partial charge in [0.15, 0.2) is 0 Å². The van der Waals surface area contributed by atoms with Crippen LogP contribution in [0.1, 0.15) is 31.2 Å². The normalized spacial score (nSPS) is 23.2. The number of alkyl halides is 2. The molecule has 0 aromatic carbocycles. The quantitative estimate of drug-likeness (QED) is 0.748. The summed E-state index contributed by atoms with van der Waals surface area (Å²) in [5.41, 5.74) is 0.458. The molecule has 3 heterocycles. The second-order valence-corrected chi connectivity index (χ2v) is 7.52. The van der Waals surface area contributed by atoms with E-state index in [0.717, 1.165) is 23.9 Å². The zero-order valence-electron chi connectivity index (χ0n) is 13.7. The fraction of sp³-hybridized carbons (Fsp3) is 0.588. The SMILES string of the molecule is N#Cc1cc(Br)cnc1N1CCCC(C(=O)N2CCC(F)(F)CC2)C1. The highest BCUT2D eigenvalue weighted by Gasteiger charge is 2.38. The standard InChI is InChI=1S/C17H19BrF2N4O/c18-14-8-13(9-21)15(22-10-14)24-5-1-2-12(11-24)16(25)23-6-3-17(19,20)4-7-23/h8,10,12H,1-7,11H2. The summed E-state index contributed by atoms with van der Waals surface area (Å²) in [5, 5.41) is 9.32. The molecule has 0 spiro atoms. The van der Waals surface area contributed by atoms with Gasteiger partial charge in [-0.1, -0.05) is 0 Å². The number of hydrogen-bond donors (Lipinski definition) is 0. The van der Waals surface area contributed by atoms with Gasteiger partial charge in [0.1, 0.15) is 11.9 Å². The van der Waals surface area contributed by atoms with Crippen molar-refractivity contribution in [1.82, 2.24) is 9.88 Å².